The molecular weight excluding hydrogens is 372 g/mol. The summed E-state index contributed by atoms with van der Waals surface area (Å²) in [6.45, 7) is 5.48. The number of tetrazole rings is 1. The number of nitrogens with zero attached hydrogens (tertiary/aromatic N) is 6. The van der Waals surface area contributed by atoms with Crippen molar-refractivity contribution in [2.24, 2.45) is 0 Å². The lowest BCUT2D eigenvalue weighted by molar-refractivity contribution is 0.0543. The van der Waals surface area contributed by atoms with Crippen molar-refractivity contribution >= 4 is 5.91 Å². The smallest absolute Gasteiger partial charge is 0.289 e. The molecule has 0 saturated carbocycles. The second-order valence-corrected chi connectivity index (χ2v) is 7.02. The summed E-state index contributed by atoms with van der Waals surface area (Å²) in [4.78, 5) is 16.6. The Labute approximate surface area is 168 Å². The number of piperazine rings is 1. The van der Waals surface area contributed by atoms with Gasteiger partial charge in [-0.1, -0.05) is 12.1 Å². The Morgan fingerprint density at radius 3 is 2.59 bits per heavy atom. The first-order valence-corrected chi connectivity index (χ1v) is 9.61. The van der Waals surface area contributed by atoms with Crippen LogP contribution in [0.15, 0.2) is 47.1 Å². The van der Waals surface area contributed by atoms with E-state index in [1.165, 1.54) is 6.26 Å². The molecule has 4 rings (SSSR count). The molecule has 29 heavy (non-hydrogen) atoms. The molecule has 1 aliphatic rings. The van der Waals surface area contributed by atoms with Crippen LogP contribution in [0.1, 0.15) is 34.9 Å². The highest BCUT2D eigenvalue weighted by molar-refractivity contribution is 5.91. The quantitative estimate of drug-likeness (QED) is 0.628. The zero-order valence-corrected chi connectivity index (χ0v) is 16.6. The molecule has 1 atom stereocenters. The van der Waals surface area contributed by atoms with E-state index in [1.54, 1.807) is 19.2 Å². The van der Waals surface area contributed by atoms with Gasteiger partial charge in [0.15, 0.2) is 11.6 Å². The number of hydrogen-bond acceptors (Lipinski definition) is 7. The minimum absolute atomic E-state index is 0.0455. The number of carbonyl (C=O) groups excluding carboxylic acids is 1. The van der Waals surface area contributed by atoms with Gasteiger partial charge in [-0.25, -0.2) is 4.68 Å². The minimum atomic E-state index is -0.0633. The second-order valence-electron chi connectivity index (χ2n) is 7.02. The van der Waals surface area contributed by atoms with Gasteiger partial charge in [-0.15, -0.1) is 5.10 Å². The molecule has 1 aliphatic heterocycles. The Morgan fingerprint density at radius 2 is 1.93 bits per heavy atom. The number of aromatic nitrogens is 4. The van der Waals surface area contributed by atoms with E-state index in [4.69, 9.17) is 9.15 Å². The molecule has 152 valence electrons. The average molecular weight is 396 g/mol. The van der Waals surface area contributed by atoms with Crippen LogP contribution in [-0.2, 0) is 6.54 Å². The minimum Gasteiger partial charge on any atom is -0.497 e. The fourth-order valence-electron chi connectivity index (χ4n) is 3.56. The van der Waals surface area contributed by atoms with Crippen LogP contribution in [0.5, 0.6) is 5.75 Å². The van der Waals surface area contributed by atoms with Crippen LogP contribution in [0.2, 0.25) is 0 Å². The zero-order valence-electron chi connectivity index (χ0n) is 16.6. The second kappa shape index (κ2) is 8.44. The predicted octanol–water partition coefficient (Wildman–Crippen LogP) is 1.84. The Bertz CT molecular complexity index is 930. The highest BCUT2D eigenvalue weighted by Crippen LogP contribution is 2.21. The molecule has 9 heteroatoms. The van der Waals surface area contributed by atoms with E-state index in [2.05, 4.69) is 27.3 Å². The van der Waals surface area contributed by atoms with Crippen molar-refractivity contribution in [2.75, 3.05) is 33.3 Å². The first-order valence-electron chi connectivity index (χ1n) is 9.61. The van der Waals surface area contributed by atoms with Gasteiger partial charge in [-0.3, -0.25) is 9.69 Å². The lowest BCUT2D eigenvalue weighted by Gasteiger charge is -2.37. The summed E-state index contributed by atoms with van der Waals surface area (Å²) in [7, 11) is 1.65. The van der Waals surface area contributed by atoms with Crippen molar-refractivity contribution in [1.29, 1.82) is 0 Å². The van der Waals surface area contributed by atoms with Crippen molar-refractivity contribution in [3.63, 3.8) is 0 Å². The van der Waals surface area contributed by atoms with Crippen LogP contribution >= 0.6 is 0 Å². The molecular formula is C20H24N6O3. The van der Waals surface area contributed by atoms with E-state index < -0.39 is 0 Å². The van der Waals surface area contributed by atoms with Crippen molar-refractivity contribution in [3.8, 4) is 5.75 Å². The summed E-state index contributed by atoms with van der Waals surface area (Å²) in [6, 6.07) is 11.3. The summed E-state index contributed by atoms with van der Waals surface area (Å²) < 4.78 is 12.3. The van der Waals surface area contributed by atoms with Gasteiger partial charge in [0.25, 0.3) is 5.91 Å². The van der Waals surface area contributed by atoms with Crippen molar-refractivity contribution < 1.29 is 13.9 Å². The Hall–Kier alpha value is -3.20. The van der Waals surface area contributed by atoms with Crippen molar-refractivity contribution in [1.82, 2.24) is 30.0 Å². The molecule has 1 saturated heterocycles. The summed E-state index contributed by atoms with van der Waals surface area (Å²) in [5.74, 6) is 1.95. The van der Waals surface area contributed by atoms with Gasteiger partial charge in [-0.05, 0) is 47.2 Å². The van der Waals surface area contributed by atoms with Crippen LogP contribution in [0.4, 0.5) is 0 Å². The molecule has 3 heterocycles. The number of carbonyl (C=O) groups is 1. The van der Waals surface area contributed by atoms with E-state index in [0.717, 1.165) is 30.2 Å². The van der Waals surface area contributed by atoms with Crippen LogP contribution < -0.4 is 4.74 Å². The zero-order chi connectivity index (χ0) is 20.2. The third kappa shape index (κ3) is 4.14. The van der Waals surface area contributed by atoms with E-state index in [9.17, 15) is 4.79 Å². The molecule has 0 spiro atoms. The molecule has 0 bridgehead atoms. The van der Waals surface area contributed by atoms with Crippen LogP contribution in [-0.4, -0.2) is 69.2 Å². The molecule has 9 nitrogen and oxygen atoms in total. The molecule has 0 aliphatic carbocycles. The summed E-state index contributed by atoms with van der Waals surface area (Å²) in [6.07, 6.45) is 1.52. The third-order valence-corrected chi connectivity index (χ3v) is 5.31. The number of methoxy groups -OCH3 is 1. The van der Waals surface area contributed by atoms with Gasteiger partial charge in [0.2, 0.25) is 0 Å². The first kappa shape index (κ1) is 19.1. The maximum atomic E-state index is 12.4. The fourth-order valence-corrected chi connectivity index (χ4v) is 3.56. The Balaban J connectivity index is 1.38. The number of ether oxygens (including phenoxy) is 1. The highest BCUT2D eigenvalue weighted by Gasteiger charge is 2.28. The predicted molar refractivity (Wildman–Crippen MR) is 105 cm³/mol. The number of hydrogen-bond donors (Lipinski definition) is 0. The normalized spacial score (nSPS) is 16.0. The molecule has 1 fully saturated rings. The molecule has 0 unspecified atom stereocenters. The third-order valence-electron chi connectivity index (χ3n) is 5.31. The number of furan rings is 1. The van der Waals surface area contributed by atoms with Gasteiger partial charge < -0.3 is 14.1 Å². The van der Waals surface area contributed by atoms with Gasteiger partial charge in [0, 0.05) is 26.2 Å². The standard InChI is InChI=1S/C20H24N6O3/c1-15(24-9-11-25(12-10-24)20(27)18-4-3-13-29-18)19-21-22-23-26(19)14-16-5-7-17(28-2)8-6-16/h3-8,13,15H,9-12,14H2,1-2H3/t15-/m1/s1. The Morgan fingerprint density at radius 1 is 1.17 bits per heavy atom. The molecule has 2 aromatic heterocycles. The first-order chi connectivity index (χ1) is 14.2. The Kier molecular flexibility index (Phi) is 5.57. The lowest BCUT2D eigenvalue weighted by atomic mass is 10.2. The monoisotopic (exact) mass is 396 g/mol. The van der Waals surface area contributed by atoms with E-state index in [-0.39, 0.29) is 11.9 Å². The van der Waals surface area contributed by atoms with Crippen LogP contribution in [0.25, 0.3) is 0 Å². The van der Waals surface area contributed by atoms with Gasteiger partial charge in [0.1, 0.15) is 5.75 Å². The average Bonchev–Trinajstić information content (AvgIpc) is 3.46. The maximum Gasteiger partial charge on any atom is 0.289 e. The van der Waals surface area contributed by atoms with Crippen molar-refractivity contribution in [3.05, 3.63) is 59.8 Å². The van der Waals surface area contributed by atoms with E-state index in [1.807, 2.05) is 33.8 Å². The molecule has 3 aromatic rings. The van der Waals surface area contributed by atoms with Crippen LogP contribution in [0.3, 0.4) is 0 Å². The summed E-state index contributed by atoms with van der Waals surface area (Å²) in [5, 5.41) is 12.3. The summed E-state index contributed by atoms with van der Waals surface area (Å²) in [5.41, 5.74) is 1.10. The van der Waals surface area contributed by atoms with Gasteiger partial charge in [0.05, 0.1) is 26.0 Å². The van der Waals surface area contributed by atoms with Gasteiger partial charge >= 0.3 is 0 Å². The fraction of sp³-hybridized carbons (Fsp3) is 0.400. The molecule has 1 amide bonds. The summed E-state index contributed by atoms with van der Waals surface area (Å²) >= 11 is 0. The molecule has 1 aromatic carbocycles. The number of rotatable bonds is 6. The van der Waals surface area contributed by atoms with E-state index in [0.29, 0.717) is 25.4 Å². The maximum absolute atomic E-state index is 12.4. The topological polar surface area (TPSA) is 89.5 Å². The van der Waals surface area contributed by atoms with Crippen molar-refractivity contribution in [2.45, 2.75) is 19.5 Å². The molecule has 0 N–H and O–H groups in total. The van der Waals surface area contributed by atoms with Gasteiger partial charge in [-0.2, -0.15) is 0 Å². The van der Waals surface area contributed by atoms with Crippen LogP contribution in [0, 0.1) is 0 Å². The SMILES string of the molecule is COc1ccc(Cn2nnnc2[C@@H](C)N2CCN(C(=O)c3ccco3)CC2)cc1. The largest absolute Gasteiger partial charge is 0.497 e. The number of amides is 1. The number of benzene rings is 1. The molecule has 0 radical (unpaired) electrons. The lowest BCUT2D eigenvalue weighted by Crippen LogP contribution is -2.49. The highest BCUT2D eigenvalue weighted by atomic mass is 16.5. The van der Waals surface area contributed by atoms with E-state index >= 15 is 0 Å².